The van der Waals surface area contributed by atoms with Gasteiger partial charge in [-0.1, -0.05) is 0 Å². The van der Waals surface area contributed by atoms with Gasteiger partial charge in [0.05, 0.1) is 19.6 Å². The fourth-order valence-electron chi connectivity index (χ4n) is 3.60. The van der Waals surface area contributed by atoms with Gasteiger partial charge < -0.3 is 19.5 Å². The number of nitrogens with zero attached hydrogens (tertiary/aromatic N) is 1. The molecule has 2 aliphatic rings. The van der Waals surface area contributed by atoms with Crippen LogP contribution in [0.1, 0.15) is 29.6 Å². The predicted molar refractivity (Wildman–Crippen MR) is 105 cm³/mol. The molecule has 1 aromatic rings. The van der Waals surface area contributed by atoms with Crippen molar-refractivity contribution in [2.24, 2.45) is 0 Å². The van der Waals surface area contributed by atoms with E-state index in [-0.39, 0.29) is 23.0 Å². The molecule has 1 fully saturated rings. The van der Waals surface area contributed by atoms with Crippen LogP contribution in [0.2, 0.25) is 0 Å². The number of ether oxygens (including phenoxy) is 2. The number of hydrogen-bond acceptors (Lipinski definition) is 6. The van der Waals surface area contributed by atoms with E-state index in [2.05, 4.69) is 0 Å². The Morgan fingerprint density at radius 1 is 1.32 bits per heavy atom. The third-order valence-corrected chi connectivity index (χ3v) is 5.88. The molecule has 3 rings (SSSR count). The number of methoxy groups -OCH3 is 1. The van der Waals surface area contributed by atoms with Crippen LogP contribution >= 0.6 is 11.8 Å². The van der Waals surface area contributed by atoms with Crippen LogP contribution < -0.4 is 4.74 Å². The van der Waals surface area contributed by atoms with E-state index in [9.17, 15) is 19.5 Å². The van der Waals surface area contributed by atoms with Gasteiger partial charge in [-0.25, -0.2) is 0 Å². The first-order valence-corrected chi connectivity index (χ1v) is 10.3. The monoisotopic (exact) mass is 405 g/mol. The number of aliphatic carboxylic acids is 1. The molecule has 8 heteroatoms. The summed E-state index contributed by atoms with van der Waals surface area (Å²) in [6, 6.07) is 6.58. The van der Waals surface area contributed by atoms with Crippen LogP contribution in [0.5, 0.6) is 5.75 Å². The van der Waals surface area contributed by atoms with Gasteiger partial charge in [0, 0.05) is 29.9 Å². The highest BCUT2D eigenvalue weighted by atomic mass is 32.2. The molecular formula is C20H23NO6S. The molecular weight excluding hydrogens is 382 g/mol. The maximum atomic E-state index is 13.2. The topological polar surface area (TPSA) is 93.1 Å². The van der Waals surface area contributed by atoms with E-state index in [1.54, 1.807) is 29.2 Å². The predicted octanol–water partition coefficient (Wildman–Crippen LogP) is 2.36. The lowest BCUT2D eigenvalue weighted by molar-refractivity contribution is -0.137. The summed E-state index contributed by atoms with van der Waals surface area (Å²) in [7, 11) is 1.53. The maximum Gasteiger partial charge on any atom is 0.308 e. The Morgan fingerprint density at radius 2 is 2.04 bits per heavy atom. The number of carboxylic acids is 1. The smallest absolute Gasteiger partial charge is 0.308 e. The van der Waals surface area contributed by atoms with Crippen molar-refractivity contribution in [1.82, 2.24) is 4.90 Å². The molecule has 0 radical (unpaired) electrons. The van der Waals surface area contributed by atoms with Crippen LogP contribution in [0.3, 0.4) is 0 Å². The zero-order valence-electron chi connectivity index (χ0n) is 15.8. The fourth-order valence-corrected chi connectivity index (χ4v) is 4.52. The van der Waals surface area contributed by atoms with Crippen LogP contribution in [-0.2, 0) is 14.3 Å². The Balaban J connectivity index is 1.95. The van der Waals surface area contributed by atoms with Gasteiger partial charge in [-0.2, -0.15) is 0 Å². The third kappa shape index (κ3) is 4.07. The summed E-state index contributed by atoms with van der Waals surface area (Å²) in [5, 5.41) is 8.77. The average Bonchev–Trinajstić information content (AvgIpc) is 3.29. The van der Waals surface area contributed by atoms with Gasteiger partial charge in [-0.05, 0) is 43.4 Å². The molecule has 2 atom stereocenters. The van der Waals surface area contributed by atoms with Crippen LogP contribution in [0.4, 0.5) is 0 Å². The van der Waals surface area contributed by atoms with Crippen LogP contribution in [0.15, 0.2) is 35.4 Å². The Kier molecular flexibility index (Phi) is 6.41. The molecule has 28 heavy (non-hydrogen) atoms. The Morgan fingerprint density at radius 3 is 2.57 bits per heavy atom. The minimum absolute atomic E-state index is 0.0608. The van der Waals surface area contributed by atoms with Crippen molar-refractivity contribution < 1.29 is 29.0 Å². The molecule has 0 saturated carbocycles. The van der Waals surface area contributed by atoms with Gasteiger partial charge in [0.2, 0.25) is 0 Å². The second-order valence-corrected chi connectivity index (χ2v) is 7.62. The van der Waals surface area contributed by atoms with E-state index in [1.807, 2.05) is 6.26 Å². The van der Waals surface area contributed by atoms with Crippen molar-refractivity contribution in [2.45, 2.75) is 30.7 Å². The molecule has 2 aliphatic heterocycles. The first-order chi connectivity index (χ1) is 13.5. The van der Waals surface area contributed by atoms with Crippen molar-refractivity contribution in [3.63, 3.8) is 0 Å². The molecule has 7 nitrogen and oxygen atoms in total. The van der Waals surface area contributed by atoms with Crippen LogP contribution in [0, 0.1) is 0 Å². The summed E-state index contributed by atoms with van der Waals surface area (Å²) in [6.45, 7) is 1.01. The van der Waals surface area contributed by atoms with Crippen molar-refractivity contribution >= 4 is 29.4 Å². The number of thioether (sulfide) groups is 1. The zero-order chi connectivity index (χ0) is 20.3. The van der Waals surface area contributed by atoms with E-state index in [4.69, 9.17) is 9.47 Å². The van der Waals surface area contributed by atoms with Crippen molar-refractivity contribution in [3.8, 4) is 5.75 Å². The van der Waals surface area contributed by atoms with Gasteiger partial charge >= 0.3 is 5.97 Å². The summed E-state index contributed by atoms with van der Waals surface area (Å²) in [5.41, 5.74) is 0.707. The minimum Gasteiger partial charge on any atom is -0.497 e. The highest BCUT2D eigenvalue weighted by molar-refractivity contribution is 7.99. The number of carbonyl (C=O) groups excluding carboxylic acids is 2. The molecule has 0 bridgehead atoms. The molecule has 1 aromatic carbocycles. The average molecular weight is 405 g/mol. The lowest BCUT2D eigenvalue weighted by Gasteiger charge is -2.27. The second kappa shape index (κ2) is 8.79. The van der Waals surface area contributed by atoms with E-state index < -0.39 is 23.7 Å². The first kappa shape index (κ1) is 20.4. The number of carbonyl (C=O) groups is 3. The van der Waals surface area contributed by atoms with Crippen LogP contribution in [-0.4, -0.2) is 65.7 Å². The SMILES string of the molecule is COc1ccc(C(=O)C2=C(CC(=O)O)C(=O)N(CC3CCCO3)C2SC)cc1. The number of benzene rings is 1. The van der Waals surface area contributed by atoms with Crippen molar-refractivity contribution in [2.75, 3.05) is 26.5 Å². The Hall–Kier alpha value is -2.32. The molecule has 2 heterocycles. The van der Waals surface area contributed by atoms with E-state index >= 15 is 0 Å². The zero-order valence-corrected chi connectivity index (χ0v) is 16.7. The number of ketones is 1. The largest absolute Gasteiger partial charge is 0.497 e. The highest BCUT2D eigenvalue weighted by Crippen LogP contribution is 2.37. The Labute approximate surface area is 167 Å². The molecule has 0 aromatic heterocycles. The number of amides is 1. The van der Waals surface area contributed by atoms with Gasteiger partial charge in [0.15, 0.2) is 5.78 Å². The third-order valence-electron chi connectivity index (χ3n) is 4.95. The summed E-state index contributed by atoms with van der Waals surface area (Å²) >= 11 is 1.35. The lowest BCUT2D eigenvalue weighted by atomic mass is 9.98. The molecule has 0 aliphatic carbocycles. The Bertz CT molecular complexity index is 797. The summed E-state index contributed by atoms with van der Waals surface area (Å²) in [4.78, 5) is 39.2. The summed E-state index contributed by atoms with van der Waals surface area (Å²) < 4.78 is 10.8. The quantitative estimate of drug-likeness (QED) is 0.664. The molecule has 1 N–H and O–H groups in total. The molecule has 1 saturated heterocycles. The lowest BCUT2D eigenvalue weighted by Crippen LogP contribution is -2.40. The van der Waals surface area contributed by atoms with Crippen molar-refractivity contribution in [3.05, 3.63) is 41.0 Å². The number of Topliss-reactive ketones (excluding diaryl/α,β-unsaturated/α-hetero) is 1. The first-order valence-electron chi connectivity index (χ1n) is 9.05. The van der Waals surface area contributed by atoms with E-state index in [0.717, 1.165) is 12.8 Å². The minimum atomic E-state index is -1.14. The highest BCUT2D eigenvalue weighted by Gasteiger charge is 2.43. The second-order valence-electron chi connectivity index (χ2n) is 6.70. The molecule has 0 spiro atoms. The maximum absolute atomic E-state index is 13.2. The molecule has 150 valence electrons. The van der Waals surface area contributed by atoms with E-state index in [0.29, 0.717) is 24.5 Å². The molecule has 1 amide bonds. The van der Waals surface area contributed by atoms with E-state index in [1.165, 1.54) is 18.9 Å². The number of rotatable bonds is 8. The standard InChI is InChI=1S/C20H23NO6S/c1-26-13-7-5-12(6-8-13)18(24)17-15(10-16(22)23)19(25)21(20(17)28-2)11-14-4-3-9-27-14/h5-8,14,20H,3-4,9-11H2,1-2H3,(H,22,23). The number of carboxylic acid groups (broad SMARTS) is 1. The normalized spacial score (nSPS) is 22.1. The summed E-state index contributed by atoms with van der Waals surface area (Å²) in [6.07, 6.45) is 3.03. The van der Waals surface area contributed by atoms with Gasteiger partial charge in [0.25, 0.3) is 5.91 Å². The number of hydrogen-bond donors (Lipinski definition) is 1. The van der Waals surface area contributed by atoms with Gasteiger partial charge in [-0.15, -0.1) is 11.8 Å². The fraction of sp³-hybridized carbons (Fsp3) is 0.450. The van der Waals surface area contributed by atoms with Gasteiger partial charge in [-0.3, -0.25) is 14.4 Å². The van der Waals surface area contributed by atoms with Crippen molar-refractivity contribution in [1.29, 1.82) is 0 Å². The van der Waals surface area contributed by atoms with Gasteiger partial charge in [0.1, 0.15) is 11.1 Å². The summed E-state index contributed by atoms with van der Waals surface area (Å²) in [5.74, 6) is -1.25. The molecule has 2 unspecified atom stereocenters. The van der Waals surface area contributed by atoms with Crippen LogP contribution in [0.25, 0.3) is 0 Å².